The molecule has 1 unspecified atom stereocenters. The van der Waals surface area contributed by atoms with Gasteiger partial charge in [-0.15, -0.1) is 0 Å². The first-order chi connectivity index (χ1) is 14.1. The van der Waals surface area contributed by atoms with Crippen LogP contribution in [0.4, 0.5) is 0 Å². The lowest BCUT2D eigenvalue weighted by molar-refractivity contribution is 0.0705. The Bertz CT molecular complexity index is 978. The first-order valence-electron chi connectivity index (χ1n) is 10.2. The zero-order valence-corrected chi connectivity index (χ0v) is 16.8. The van der Waals surface area contributed by atoms with Gasteiger partial charge in [0.2, 0.25) is 0 Å². The highest BCUT2D eigenvalue weighted by Crippen LogP contribution is 2.28. The Balaban J connectivity index is 1.50. The highest BCUT2D eigenvalue weighted by molar-refractivity contribution is 5.95. The van der Waals surface area contributed by atoms with E-state index in [2.05, 4.69) is 36.3 Å². The molecule has 3 aromatic rings. The Labute approximate surface area is 171 Å². The van der Waals surface area contributed by atoms with Crippen molar-refractivity contribution in [3.05, 3.63) is 77.6 Å². The fraction of sp³-hybridized carbons (Fsp3) is 0.333. The Morgan fingerprint density at radius 1 is 1.14 bits per heavy atom. The Morgan fingerprint density at radius 2 is 1.97 bits per heavy atom. The number of hydrogen-bond donors (Lipinski definition) is 1. The minimum absolute atomic E-state index is 0.0771. The molecule has 5 nitrogen and oxygen atoms in total. The number of piperidine rings is 1. The number of carbonyl (C=O) groups excluding carboxylic acids is 1. The highest BCUT2D eigenvalue weighted by Gasteiger charge is 2.27. The van der Waals surface area contributed by atoms with Crippen LogP contribution in [-0.2, 0) is 6.54 Å². The van der Waals surface area contributed by atoms with E-state index in [9.17, 15) is 4.79 Å². The van der Waals surface area contributed by atoms with Crippen molar-refractivity contribution in [2.24, 2.45) is 0 Å². The zero-order valence-electron chi connectivity index (χ0n) is 16.8. The second-order valence-corrected chi connectivity index (χ2v) is 7.76. The van der Waals surface area contributed by atoms with E-state index in [1.165, 1.54) is 5.56 Å². The average Bonchev–Trinajstić information content (AvgIpc) is 3.23. The lowest BCUT2D eigenvalue weighted by Crippen LogP contribution is -2.39. The molecule has 4 rings (SSSR count). The van der Waals surface area contributed by atoms with E-state index in [-0.39, 0.29) is 18.4 Å². The summed E-state index contributed by atoms with van der Waals surface area (Å²) in [6.07, 6.45) is 3.90. The number of hydrogen-bond acceptors (Lipinski definition) is 3. The number of aliphatic hydroxyl groups is 1. The summed E-state index contributed by atoms with van der Waals surface area (Å²) in [5.74, 6) is 0.325. The number of likely N-dealkylation sites (tertiary alicyclic amines) is 1. The molecule has 1 aliphatic rings. The molecule has 0 spiro atoms. The van der Waals surface area contributed by atoms with Gasteiger partial charge < -0.3 is 10.0 Å². The summed E-state index contributed by atoms with van der Waals surface area (Å²) in [6, 6.07) is 18.3. The van der Waals surface area contributed by atoms with Crippen molar-refractivity contribution in [1.29, 1.82) is 0 Å². The summed E-state index contributed by atoms with van der Waals surface area (Å²) in [6.45, 7) is 4.11. The van der Waals surface area contributed by atoms with Crippen LogP contribution in [0.1, 0.15) is 40.4 Å². The van der Waals surface area contributed by atoms with Gasteiger partial charge in [0.1, 0.15) is 0 Å². The van der Waals surface area contributed by atoms with Crippen molar-refractivity contribution in [2.75, 3.05) is 19.7 Å². The third kappa shape index (κ3) is 4.40. The summed E-state index contributed by atoms with van der Waals surface area (Å²) in [4.78, 5) is 15.1. The summed E-state index contributed by atoms with van der Waals surface area (Å²) in [5.41, 5.74) is 5.14. The Kier molecular flexibility index (Phi) is 5.76. The molecule has 2 heterocycles. The maximum atomic E-state index is 13.2. The first kappa shape index (κ1) is 19.4. The second-order valence-electron chi connectivity index (χ2n) is 7.76. The number of benzene rings is 2. The molecule has 2 aromatic carbocycles. The quantitative estimate of drug-likeness (QED) is 0.721. The van der Waals surface area contributed by atoms with Gasteiger partial charge in [-0.25, -0.2) is 0 Å². The molecular formula is C24H27N3O2. The number of carbonyl (C=O) groups is 1. The van der Waals surface area contributed by atoms with Crippen molar-refractivity contribution in [2.45, 2.75) is 32.2 Å². The molecule has 150 valence electrons. The van der Waals surface area contributed by atoms with Crippen LogP contribution in [0, 0.1) is 6.92 Å². The SMILES string of the molecule is Cc1ccc(-c2cccc(C(=O)N3CCCC(c4ccn(CCO)n4)C3)c2)cc1. The highest BCUT2D eigenvalue weighted by atomic mass is 16.3. The molecule has 1 saturated heterocycles. The van der Waals surface area contributed by atoms with Crippen LogP contribution in [0.2, 0.25) is 0 Å². The van der Waals surface area contributed by atoms with E-state index >= 15 is 0 Å². The maximum Gasteiger partial charge on any atom is 0.253 e. The van der Waals surface area contributed by atoms with Gasteiger partial charge in [-0.2, -0.15) is 5.10 Å². The summed E-state index contributed by atoms with van der Waals surface area (Å²) in [7, 11) is 0. The van der Waals surface area contributed by atoms with Gasteiger partial charge in [-0.05, 0) is 49.1 Å². The Morgan fingerprint density at radius 3 is 2.76 bits per heavy atom. The van der Waals surface area contributed by atoms with Crippen molar-refractivity contribution in [3.8, 4) is 11.1 Å². The first-order valence-corrected chi connectivity index (χ1v) is 10.2. The predicted octanol–water partition coefficient (Wildman–Crippen LogP) is 3.87. The zero-order chi connectivity index (χ0) is 20.2. The summed E-state index contributed by atoms with van der Waals surface area (Å²) >= 11 is 0. The van der Waals surface area contributed by atoms with Crippen LogP contribution in [0.3, 0.4) is 0 Å². The van der Waals surface area contributed by atoms with Crippen molar-refractivity contribution >= 4 is 5.91 Å². The van der Waals surface area contributed by atoms with E-state index in [0.717, 1.165) is 41.8 Å². The molecule has 0 aliphatic carbocycles. The fourth-order valence-corrected chi connectivity index (χ4v) is 3.99. The Hall–Kier alpha value is -2.92. The van der Waals surface area contributed by atoms with Crippen LogP contribution in [0.25, 0.3) is 11.1 Å². The molecule has 1 fully saturated rings. The smallest absolute Gasteiger partial charge is 0.253 e. The molecular weight excluding hydrogens is 362 g/mol. The number of amides is 1. The molecule has 1 N–H and O–H groups in total. The molecule has 1 aromatic heterocycles. The van der Waals surface area contributed by atoms with Crippen LogP contribution < -0.4 is 0 Å². The fourth-order valence-electron chi connectivity index (χ4n) is 3.99. The van der Waals surface area contributed by atoms with Crippen LogP contribution in [0.15, 0.2) is 60.8 Å². The third-order valence-electron chi connectivity index (χ3n) is 5.61. The normalized spacial score (nSPS) is 16.8. The number of nitrogens with zero attached hydrogens (tertiary/aromatic N) is 3. The van der Waals surface area contributed by atoms with Gasteiger partial charge in [0.05, 0.1) is 18.8 Å². The van der Waals surface area contributed by atoms with Gasteiger partial charge in [-0.1, -0.05) is 42.0 Å². The topological polar surface area (TPSA) is 58.4 Å². The van der Waals surface area contributed by atoms with Crippen LogP contribution in [-0.4, -0.2) is 45.4 Å². The molecule has 0 radical (unpaired) electrons. The van der Waals surface area contributed by atoms with E-state index < -0.39 is 0 Å². The number of aryl methyl sites for hydroxylation is 1. The van der Waals surface area contributed by atoms with Gasteiger partial charge >= 0.3 is 0 Å². The van der Waals surface area contributed by atoms with E-state index in [1.807, 2.05) is 41.4 Å². The number of rotatable bonds is 5. The van der Waals surface area contributed by atoms with Crippen LogP contribution in [0.5, 0.6) is 0 Å². The molecule has 5 heteroatoms. The molecule has 1 aliphatic heterocycles. The standard InChI is InChI=1S/C24H27N3O2/c1-18-7-9-19(10-8-18)20-4-2-5-21(16-20)24(29)26-12-3-6-22(17-26)23-11-13-27(25-23)14-15-28/h2,4-5,7-11,13,16,22,28H,3,6,12,14-15,17H2,1H3. The van der Waals surface area contributed by atoms with E-state index in [1.54, 1.807) is 4.68 Å². The summed E-state index contributed by atoms with van der Waals surface area (Å²) < 4.78 is 1.77. The van der Waals surface area contributed by atoms with Crippen molar-refractivity contribution in [1.82, 2.24) is 14.7 Å². The lowest BCUT2D eigenvalue weighted by atomic mass is 9.94. The number of aliphatic hydroxyl groups excluding tert-OH is 1. The minimum Gasteiger partial charge on any atom is -0.394 e. The van der Waals surface area contributed by atoms with E-state index in [4.69, 9.17) is 5.11 Å². The lowest BCUT2D eigenvalue weighted by Gasteiger charge is -2.32. The molecule has 0 saturated carbocycles. The second kappa shape index (κ2) is 8.62. The minimum atomic E-state index is 0.0771. The van der Waals surface area contributed by atoms with Gasteiger partial charge in [0.15, 0.2) is 0 Å². The van der Waals surface area contributed by atoms with E-state index in [0.29, 0.717) is 13.1 Å². The largest absolute Gasteiger partial charge is 0.394 e. The molecule has 1 atom stereocenters. The van der Waals surface area contributed by atoms with Gasteiger partial charge in [0.25, 0.3) is 5.91 Å². The van der Waals surface area contributed by atoms with Crippen LogP contribution >= 0.6 is 0 Å². The van der Waals surface area contributed by atoms with Crippen molar-refractivity contribution < 1.29 is 9.90 Å². The monoisotopic (exact) mass is 389 g/mol. The van der Waals surface area contributed by atoms with Gasteiger partial charge in [0, 0.05) is 30.8 Å². The third-order valence-corrected chi connectivity index (χ3v) is 5.61. The molecule has 29 heavy (non-hydrogen) atoms. The van der Waals surface area contributed by atoms with Crippen molar-refractivity contribution in [3.63, 3.8) is 0 Å². The predicted molar refractivity (Wildman–Crippen MR) is 114 cm³/mol. The summed E-state index contributed by atoms with van der Waals surface area (Å²) in [5, 5.41) is 13.7. The average molecular weight is 389 g/mol. The molecule has 1 amide bonds. The molecule has 0 bridgehead atoms. The number of aromatic nitrogens is 2. The maximum absolute atomic E-state index is 13.2. The van der Waals surface area contributed by atoms with Gasteiger partial charge in [-0.3, -0.25) is 9.48 Å².